The molecule has 0 saturated heterocycles. The quantitative estimate of drug-likeness (QED) is 0.712. The summed E-state index contributed by atoms with van der Waals surface area (Å²) in [5.74, 6) is -1.54. The van der Waals surface area contributed by atoms with Gasteiger partial charge in [-0.3, -0.25) is 9.59 Å². The molecule has 0 heterocycles. The summed E-state index contributed by atoms with van der Waals surface area (Å²) in [5.41, 5.74) is 0. The molecule has 0 aromatic heterocycles. The lowest BCUT2D eigenvalue weighted by Gasteiger charge is -2.05. The van der Waals surface area contributed by atoms with E-state index in [1.807, 2.05) is 6.92 Å². The molecule has 0 unspecified atom stereocenters. The van der Waals surface area contributed by atoms with E-state index >= 15 is 0 Å². The topological polar surface area (TPSA) is 94.8 Å². The third kappa shape index (κ3) is 46.1. The average Bonchev–Trinajstić information content (AvgIpc) is 2.34. The van der Waals surface area contributed by atoms with Crippen LogP contribution in [-0.2, 0) is 9.59 Å². The monoisotopic (exact) mass is 264 g/mol. The van der Waals surface area contributed by atoms with Crippen molar-refractivity contribution in [2.24, 2.45) is 0 Å². The van der Waals surface area contributed by atoms with Crippen LogP contribution in [0.5, 0.6) is 0 Å². The maximum absolute atomic E-state index is 9.60. The molecular formula is C13H28O5. The zero-order chi connectivity index (χ0) is 14.8. The van der Waals surface area contributed by atoms with Crippen LogP contribution in [0.15, 0.2) is 0 Å². The fourth-order valence-corrected chi connectivity index (χ4v) is 1.27. The van der Waals surface area contributed by atoms with Gasteiger partial charge >= 0.3 is 5.97 Å². The molecule has 0 aromatic rings. The molecule has 1 saturated carbocycles. The summed E-state index contributed by atoms with van der Waals surface area (Å²) >= 11 is 0. The summed E-state index contributed by atoms with van der Waals surface area (Å²) in [5, 5.41) is 22.3. The van der Waals surface area contributed by atoms with E-state index in [4.69, 9.17) is 20.1 Å². The molecule has 1 fully saturated rings. The Labute approximate surface area is 110 Å². The first-order chi connectivity index (χ1) is 8.50. The summed E-state index contributed by atoms with van der Waals surface area (Å²) in [4.78, 5) is 18.6. The summed E-state index contributed by atoms with van der Waals surface area (Å²) in [7, 11) is 1.00. The van der Waals surface area contributed by atoms with Gasteiger partial charge in [-0.15, -0.1) is 0 Å². The zero-order valence-corrected chi connectivity index (χ0v) is 11.8. The van der Waals surface area contributed by atoms with Crippen molar-refractivity contribution >= 4 is 11.9 Å². The minimum Gasteiger partial charge on any atom is -0.481 e. The molecule has 1 aliphatic rings. The van der Waals surface area contributed by atoms with Crippen LogP contribution in [0.2, 0.25) is 0 Å². The Morgan fingerprint density at radius 3 is 1.17 bits per heavy atom. The van der Waals surface area contributed by atoms with Crippen molar-refractivity contribution < 1.29 is 24.9 Å². The van der Waals surface area contributed by atoms with Gasteiger partial charge < -0.3 is 15.3 Å². The second-order valence-electron chi connectivity index (χ2n) is 3.78. The van der Waals surface area contributed by atoms with E-state index in [1.54, 1.807) is 0 Å². The number of aliphatic carboxylic acids is 2. The van der Waals surface area contributed by atoms with Crippen molar-refractivity contribution in [1.29, 1.82) is 0 Å². The second kappa shape index (κ2) is 21.2. The Morgan fingerprint density at radius 1 is 0.889 bits per heavy atom. The maximum atomic E-state index is 9.60. The number of carboxylic acids is 2. The van der Waals surface area contributed by atoms with E-state index in [9.17, 15) is 4.79 Å². The minimum absolute atomic E-state index is 0.292. The number of aliphatic hydroxyl groups excluding tert-OH is 1. The van der Waals surface area contributed by atoms with Gasteiger partial charge in [-0.1, -0.05) is 45.4 Å². The molecule has 3 N–H and O–H groups in total. The molecule has 0 radical (unpaired) electrons. The van der Waals surface area contributed by atoms with Crippen molar-refractivity contribution in [1.82, 2.24) is 0 Å². The fourth-order valence-electron chi connectivity index (χ4n) is 1.27. The molecule has 0 aromatic carbocycles. The summed E-state index contributed by atoms with van der Waals surface area (Å²) < 4.78 is 0. The molecule has 1 rings (SSSR count). The maximum Gasteiger partial charge on any atom is 0.303 e. The molecule has 0 atom stereocenters. The highest BCUT2D eigenvalue weighted by molar-refractivity contribution is 5.66. The van der Waals surface area contributed by atoms with Gasteiger partial charge in [-0.2, -0.15) is 0 Å². The summed E-state index contributed by atoms with van der Waals surface area (Å²) in [6.07, 6.45) is 10.0. The van der Waals surface area contributed by atoms with Crippen LogP contribution in [0.4, 0.5) is 0 Å². The first-order valence-electron chi connectivity index (χ1n) is 6.36. The Morgan fingerprint density at radius 2 is 1.11 bits per heavy atom. The van der Waals surface area contributed by atoms with Crippen LogP contribution in [0.3, 0.4) is 0 Å². The molecule has 18 heavy (non-hydrogen) atoms. The third-order valence-electron chi connectivity index (χ3n) is 1.96. The molecule has 110 valence electrons. The van der Waals surface area contributed by atoms with E-state index in [0.717, 1.165) is 20.5 Å². The van der Waals surface area contributed by atoms with Crippen molar-refractivity contribution in [2.45, 2.75) is 65.2 Å². The van der Waals surface area contributed by atoms with E-state index < -0.39 is 11.9 Å². The number of rotatable bonds is 2. The number of hydrogen-bond donors (Lipinski definition) is 3. The van der Waals surface area contributed by atoms with E-state index in [-0.39, 0.29) is 0 Å². The normalized spacial score (nSPS) is 12.4. The van der Waals surface area contributed by atoms with Crippen LogP contribution in [0.1, 0.15) is 65.2 Å². The Hall–Kier alpha value is -1.10. The molecule has 0 bridgehead atoms. The van der Waals surface area contributed by atoms with Gasteiger partial charge in [-0.25, -0.2) is 0 Å². The smallest absolute Gasteiger partial charge is 0.303 e. The summed E-state index contributed by atoms with van der Waals surface area (Å²) in [6.45, 7) is 2.92. The van der Waals surface area contributed by atoms with Gasteiger partial charge in [0.1, 0.15) is 0 Å². The molecule has 5 nitrogen and oxygen atoms in total. The highest BCUT2D eigenvalue weighted by Crippen LogP contribution is 2.15. The predicted molar refractivity (Wildman–Crippen MR) is 71.7 cm³/mol. The first kappa shape index (κ1) is 22.1. The van der Waals surface area contributed by atoms with Crippen LogP contribution in [0, 0.1) is 0 Å². The highest BCUT2D eigenvalue weighted by Gasteiger charge is 1.95. The van der Waals surface area contributed by atoms with Gasteiger partial charge in [0.2, 0.25) is 0 Å². The zero-order valence-electron chi connectivity index (χ0n) is 11.8. The van der Waals surface area contributed by atoms with Crippen molar-refractivity contribution in [3.8, 4) is 0 Å². The Balaban J connectivity index is -0.000000179. The van der Waals surface area contributed by atoms with Crippen LogP contribution in [0.25, 0.3) is 0 Å². The van der Waals surface area contributed by atoms with Crippen molar-refractivity contribution in [3.05, 3.63) is 0 Å². The lowest BCUT2D eigenvalue weighted by atomic mass is 10.0. The molecule has 0 amide bonds. The number of aliphatic hydroxyl groups is 1. The third-order valence-corrected chi connectivity index (χ3v) is 1.96. The molecule has 0 aliphatic heterocycles. The predicted octanol–water partition coefficient (Wildman–Crippen LogP) is 2.91. The molecule has 1 aliphatic carbocycles. The van der Waals surface area contributed by atoms with Crippen molar-refractivity contribution in [3.63, 3.8) is 0 Å². The first-order valence-corrected chi connectivity index (χ1v) is 6.36. The lowest BCUT2D eigenvalue weighted by Crippen LogP contribution is -1.90. The van der Waals surface area contributed by atoms with E-state index in [1.165, 1.54) is 38.5 Å². The van der Waals surface area contributed by atoms with Gasteiger partial charge in [0.05, 0.1) is 0 Å². The largest absolute Gasteiger partial charge is 0.481 e. The average molecular weight is 264 g/mol. The van der Waals surface area contributed by atoms with Gasteiger partial charge in [0.15, 0.2) is 0 Å². The van der Waals surface area contributed by atoms with Crippen molar-refractivity contribution in [2.75, 3.05) is 7.11 Å². The van der Waals surface area contributed by atoms with Crippen LogP contribution >= 0.6 is 0 Å². The molecular weight excluding hydrogens is 236 g/mol. The highest BCUT2D eigenvalue weighted by atomic mass is 16.4. The number of hydrogen-bond acceptors (Lipinski definition) is 3. The lowest BCUT2D eigenvalue weighted by molar-refractivity contribution is -0.137. The molecule has 5 heteroatoms. The fraction of sp³-hybridized carbons (Fsp3) is 0.846. The Kier molecular flexibility index (Phi) is 26.1. The van der Waals surface area contributed by atoms with E-state index in [0.29, 0.717) is 6.42 Å². The standard InChI is InChI=1S/C6H12.C4H8O2.C2H4O2.CH4O/c1-2-4-6-5-3-1;1-2-3-4(5)6;1-2(3)4;1-2/h1-6H2;2-3H2,1H3,(H,5,6);1H3,(H,3,4);2H,1H3. The van der Waals surface area contributed by atoms with Gasteiger partial charge in [-0.05, 0) is 6.42 Å². The van der Waals surface area contributed by atoms with Gasteiger partial charge in [0.25, 0.3) is 5.97 Å². The Bertz CT molecular complexity index is 161. The summed E-state index contributed by atoms with van der Waals surface area (Å²) in [6, 6.07) is 0. The van der Waals surface area contributed by atoms with E-state index in [2.05, 4.69) is 0 Å². The van der Waals surface area contributed by atoms with Gasteiger partial charge in [0, 0.05) is 20.5 Å². The molecule has 0 spiro atoms. The van der Waals surface area contributed by atoms with Crippen LogP contribution < -0.4 is 0 Å². The number of carboxylic acid groups (broad SMARTS) is 2. The number of carbonyl (C=O) groups is 2. The van der Waals surface area contributed by atoms with Crippen LogP contribution in [-0.4, -0.2) is 34.4 Å². The second-order valence-corrected chi connectivity index (χ2v) is 3.78. The minimum atomic E-state index is -0.833. The SMILES string of the molecule is C1CCCCC1.CC(=O)O.CCCC(=O)O.CO.